The zero-order chi connectivity index (χ0) is 21.1. The van der Waals surface area contributed by atoms with Crippen LogP contribution in [0.2, 0.25) is 0 Å². The van der Waals surface area contributed by atoms with Gasteiger partial charge in [-0.05, 0) is 93.0 Å². The summed E-state index contributed by atoms with van der Waals surface area (Å²) in [6.07, 6.45) is 0.377. The van der Waals surface area contributed by atoms with Crippen molar-refractivity contribution in [3.63, 3.8) is 0 Å². The number of hydrogen-bond donors (Lipinski definition) is 1. The molecule has 0 saturated heterocycles. The molecule has 2 rings (SSSR count). The first-order chi connectivity index (χ1) is 13.0. The number of halogens is 1. The highest BCUT2D eigenvalue weighted by molar-refractivity contribution is 14.1. The summed E-state index contributed by atoms with van der Waals surface area (Å²) in [6, 6.07) is 11.1. The molecule has 2 aromatic carbocycles. The molecule has 0 aromatic heterocycles. The number of amides is 1. The third-order valence-electron chi connectivity index (χ3n) is 4.25. The maximum Gasteiger partial charge on any atom is 0.329 e. The van der Waals surface area contributed by atoms with Gasteiger partial charge in [0.25, 0.3) is 5.91 Å². The van der Waals surface area contributed by atoms with E-state index >= 15 is 0 Å². The van der Waals surface area contributed by atoms with Crippen LogP contribution in [-0.2, 0) is 16.0 Å². The van der Waals surface area contributed by atoms with Gasteiger partial charge in [0.2, 0.25) is 0 Å². The third kappa shape index (κ3) is 6.33. The summed E-state index contributed by atoms with van der Waals surface area (Å²) in [5.74, 6) is -0.682. The number of ether oxygens (including phenoxy) is 1. The van der Waals surface area contributed by atoms with Crippen LogP contribution in [-0.4, -0.2) is 23.5 Å². The molecule has 0 heterocycles. The Bertz CT molecular complexity index is 843. The largest absolute Gasteiger partial charge is 0.458 e. The van der Waals surface area contributed by atoms with E-state index in [9.17, 15) is 9.59 Å². The van der Waals surface area contributed by atoms with E-state index in [-0.39, 0.29) is 5.91 Å². The second-order valence-corrected chi connectivity index (χ2v) is 9.41. The van der Waals surface area contributed by atoms with Crippen LogP contribution in [0.3, 0.4) is 0 Å². The smallest absolute Gasteiger partial charge is 0.329 e. The number of hydrogen-bond acceptors (Lipinski definition) is 3. The SMILES string of the molecule is Cc1cc(C)c(C(=O)N[C@@H](Cc2ccc(I)cc2)C(=O)OC(C)(C)C)c(C)c1. The van der Waals surface area contributed by atoms with Gasteiger partial charge >= 0.3 is 5.97 Å². The predicted molar refractivity (Wildman–Crippen MR) is 121 cm³/mol. The van der Waals surface area contributed by atoms with Gasteiger partial charge < -0.3 is 10.1 Å². The van der Waals surface area contributed by atoms with Crippen molar-refractivity contribution in [1.82, 2.24) is 5.32 Å². The number of benzene rings is 2. The monoisotopic (exact) mass is 493 g/mol. The summed E-state index contributed by atoms with van der Waals surface area (Å²) in [5.41, 5.74) is 3.85. The molecule has 0 bridgehead atoms. The van der Waals surface area contributed by atoms with Crippen molar-refractivity contribution < 1.29 is 14.3 Å². The molecule has 1 atom stereocenters. The summed E-state index contributed by atoms with van der Waals surface area (Å²) in [5, 5.41) is 2.90. The van der Waals surface area contributed by atoms with Gasteiger partial charge in [-0.1, -0.05) is 29.8 Å². The maximum atomic E-state index is 13.0. The van der Waals surface area contributed by atoms with Gasteiger partial charge in [0, 0.05) is 15.6 Å². The van der Waals surface area contributed by atoms with E-state index in [4.69, 9.17) is 4.74 Å². The van der Waals surface area contributed by atoms with Crippen molar-refractivity contribution in [2.45, 2.75) is 59.6 Å². The lowest BCUT2D eigenvalue weighted by molar-refractivity contribution is -0.157. The van der Waals surface area contributed by atoms with Crippen molar-refractivity contribution in [2.75, 3.05) is 0 Å². The normalized spacial score (nSPS) is 12.4. The topological polar surface area (TPSA) is 55.4 Å². The van der Waals surface area contributed by atoms with Crippen LogP contribution in [0.1, 0.15) is 53.4 Å². The standard InChI is InChI=1S/C23H28INO3/c1-14-11-15(2)20(16(3)12-14)21(26)25-19(22(27)28-23(4,5)6)13-17-7-9-18(24)10-8-17/h7-12,19H,13H2,1-6H3,(H,25,26)/t19-/m0/s1. The fraction of sp³-hybridized carbons (Fsp3) is 0.391. The van der Waals surface area contributed by atoms with Gasteiger partial charge in [-0.15, -0.1) is 0 Å². The van der Waals surface area contributed by atoms with E-state index in [0.717, 1.165) is 25.8 Å². The second-order valence-electron chi connectivity index (χ2n) is 8.16. The molecule has 150 valence electrons. The van der Waals surface area contributed by atoms with Gasteiger partial charge in [-0.25, -0.2) is 4.79 Å². The molecular formula is C23H28INO3. The van der Waals surface area contributed by atoms with Crippen LogP contribution in [0.25, 0.3) is 0 Å². The van der Waals surface area contributed by atoms with E-state index in [1.807, 2.05) is 77.9 Å². The van der Waals surface area contributed by atoms with Crippen LogP contribution in [0.5, 0.6) is 0 Å². The minimum Gasteiger partial charge on any atom is -0.458 e. The lowest BCUT2D eigenvalue weighted by atomic mass is 9.98. The number of carbonyl (C=O) groups is 2. The van der Waals surface area contributed by atoms with Crippen molar-refractivity contribution in [1.29, 1.82) is 0 Å². The van der Waals surface area contributed by atoms with E-state index in [0.29, 0.717) is 12.0 Å². The zero-order valence-electron chi connectivity index (χ0n) is 17.4. The Labute approximate surface area is 181 Å². The van der Waals surface area contributed by atoms with Gasteiger partial charge in [-0.3, -0.25) is 4.79 Å². The summed E-state index contributed by atoms with van der Waals surface area (Å²) in [6.45, 7) is 11.3. The third-order valence-corrected chi connectivity index (χ3v) is 4.97. The Hall–Kier alpha value is -1.89. The quantitative estimate of drug-likeness (QED) is 0.477. The van der Waals surface area contributed by atoms with Crippen LogP contribution in [0.15, 0.2) is 36.4 Å². The van der Waals surface area contributed by atoms with Crippen LogP contribution in [0.4, 0.5) is 0 Å². The first-order valence-corrected chi connectivity index (χ1v) is 10.4. The Kier molecular flexibility index (Phi) is 7.26. The predicted octanol–water partition coefficient (Wildman–Crippen LogP) is 4.90. The van der Waals surface area contributed by atoms with Gasteiger partial charge in [0.1, 0.15) is 11.6 Å². The average Bonchev–Trinajstić information content (AvgIpc) is 2.53. The molecule has 28 heavy (non-hydrogen) atoms. The maximum absolute atomic E-state index is 13.0. The first-order valence-electron chi connectivity index (χ1n) is 9.32. The van der Waals surface area contributed by atoms with Crippen molar-refractivity contribution in [2.24, 2.45) is 0 Å². The highest BCUT2D eigenvalue weighted by atomic mass is 127. The van der Waals surface area contributed by atoms with Gasteiger partial charge in [-0.2, -0.15) is 0 Å². The Balaban J connectivity index is 2.29. The zero-order valence-corrected chi connectivity index (χ0v) is 19.5. The van der Waals surface area contributed by atoms with Gasteiger partial charge in [0.05, 0.1) is 0 Å². The molecular weight excluding hydrogens is 465 g/mol. The summed E-state index contributed by atoms with van der Waals surface area (Å²) >= 11 is 2.24. The molecule has 0 aliphatic heterocycles. The lowest BCUT2D eigenvalue weighted by Crippen LogP contribution is -2.45. The molecule has 0 unspecified atom stereocenters. The highest BCUT2D eigenvalue weighted by Crippen LogP contribution is 2.18. The van der Waals surface area contributed by atoms with Crippen LogP contribution >= 0.6 is 22.6 Å². The van der Waals surface area contributed by atoms with Crippen molar-refractivity contribution in [3.05, 3.63) is 67.8 Å². The minimum absolute atomic E-state index is 0.253. The lowest BCUT2D eigenvalue weighted by Gasteiger charge is -2.25. The number of aryl methyl sites for hydroxylation is 3. The number of carbonyl (C=O) groups excluding carboxylic acids is 2. The summed E-state index contributed by atoms with van der Waals surface area (Å²) in [4.78, 5) is 25.8. The number of rotatable bonds is 5. The molecule has 0 aliphatic rings. The fourth-order valence-corrected chi connectivity index (χ4v) is 3.55. The summed E-state index contributed by atoms with van der Waals surface area (Å²) in [7, 11) is 0. The molecule has 4 nitrogen and oxygen atoms in total. The van der Waals surface area contributed by atoms with Gasteiger partial charge in [0.15, 0.2) is 0 Å². The molecule has 0 aliphatic carbocycles. The molecule has 0 spiro atoms. The molecule has 0 radical (unpaired) electrons. The van der Waals surface area contributed by atoms with E-state index in [1.165, 1.54) is 0 Å². The Morgan fingerprint density at radius 3 is 2.07 bits per heavy atom. The first kappa shape index (κ1) is 22.4. The van der Waals surface area contributed by atoms with Crippen LogP contribution < -0.4 is 5.32 Å². The van der Waals surface area contributed by atoms with E-state index in [2.05, 4.69) is 27.9 Å². The second kappa shape index (κ2) is 9.07. The van der Waals surface area contributed by atoms with E-state index < -0.39 is 17.6 Å². The van der Waals surface area contributed by atoms with Crippen molar-refractivity contribution >= 4 is 34.5 Å². The fourth-order valence-electron chi connectivity index (χ4n) is 3.19. The molecule has 0 saturated carbocycles. The Morgan fingerprint density at radius 1 is 1.04 bits per heavy atom. The average molecular weight is 493 g/mol. The van der Waals surface area contributed by atoms with E-state index in [1.54, 1.807) is 0 Å². The highest BCUT2D eigenvalue weighted by Gasteiger charge is 2.28. The summed E-state index contributed by atoms with van der Waals surface area (Å²) < 4.78 is 6.67. The molecule has 1 amide bonds. The number of esters is 1. The van der Waals surface area contributed by atoms with Crippen molar-refractivity contribution in [3.8, 4) is 0 Å². The number of nitrogens with one attached hydrogen (secondary N) is 1. The molecule has 5 heteroatoms. The minimum atomic E-state index is -0.758. The molecule has 1 N–H and O–H groups in total. The molecule has 2 aromatic rings. The van der Waals surface area contributed by atoms with Crippen LogP contribution in [0, 0.1) is 24.3 Å². The Morgan fingerprint density at radius 2 is 1.57 bits per heavy atom. The molecule has 0 fully saturated rings.